The van der Waals surface area contributed by atoms with Crippen molar-refractivity contribution >= 4 is 17.5 Å². The molecule has 0 bridgehead atoms. The van der Waals surface area contributed by atoms with Gasteiger partial charge in [-0.05, 0) is 13.8 Å². The van der Waals surface area contributed by atoms with Crippen LogP contribution in [0.25, 0.3) is 0 Å². The molecule has 2 saturated heterocycles. The number of hydrogen-bond donors (Lipinski definition) is 2. The average Bonchev–Trinajstić information content (AvgIpc) is 2.71. The first-order valence-electron chi connectivity index (χ1n) is 9.52. The molecule has 0 aliphatic carbocycles. The van der Waals surface area contributed by atoms with Gasteiger partial charge < -0.3 is 25.1 Å². The van der Waals surface area contributed by atoms with E-state index in [9.17, 15) is 9.90 Å². The monoisotopic (exact) mass is 426 g/mol. The lowest BCUT2D eigenvalue weighted by Gasteiger charge is -2.51. The SMILES string of the molecule is CN=NN(C(C)[C@@H](C)Cl)[C@@H]1[C@@H](O)[C@H](C(N)=O)O[C@@H]2CO[C@H](c3ccccc3)O[C@H]12. The first-order chi connectivity index (χ1) is 13.8. The molecule has 9 nitrogen and oxygen atoms in total. The Hall–Kier alpha value is -1.78. The number of aliphatic hydroxyl groups is 1. The number of rotatable bonds is 6. The number of fused-ring (bicyclic) bond motifs is 1. The fourth-order valence-electron chi connectivity index (χ4n) is 3.66. The van der Waals surface area contributed by atoms with Crippen LogP contribution in [0.4, 0.5) is 0 Å². The van der Waals surface area contributed by atoms with Crippen LogP contribution in [0.5, 0.6) is 0 Å². The van der Waals surface area contributed by atoms with Crippen LogP contribution in [0.3, 0.4) is 0 Å². The van der Waals surface area contributed by atoms with E-state index < -0.39 is 42.7 Å². The molecule has 1 unspecified atom stereocenters. The van der Waals surface area contributed by atoms with Crippen molar-refractivity contribution in [3.8, 4) is 0 Å². The summed E-state index contributed by atoms with van der Waals surface area (Å²) in [5.41, 5.74) is 6.30. The lowest BCUT2D eigenvalue weighted by Crippen LogP contribution is -2.69. The van der Waals surface area contributed by atoms with Crippen molar-refractivity contribution in [3.63, 3.8) is 0 Å². The Morgan fingerprint density at radius 3 is 2.59 bits per heavy atom. The van der Waals surface area contributed by atoms with Gasteiger partial charge in [-0.3, -0.25) is 9.80 Å². The molecule has 1 aromatic carbocycles. The number of alkyl halides is 1. The number of benzene rings is 1. The van der Waals surface area contributed by atoms with Crippen molar-refractivity contribution in [2.24, 2.45) is 16.1 Å². The molecule has 8 atom stereocenters. The zero-order chi connectivity index (χ0) is 21.1. The van der Waals surface area contributed by atoms with Gasteiger partial charge in [-0.2, -0.15) is 5.11 Å². The van der Waals surface area contributed by atoms with Gasteiger partial charge in [-0.15, -0.1) is 11.6 Å². The molecule has 0 aromatic heterocycles. The average molecular weight is 427 g/mol. The Kier molecular flexibility index (Phi) is 7.07. The van der Waals surface area contributed by atoms with Crippen LogP contribution in [0, 0.1) is 0 Å². The Balaban J connectivity index is 1.96. The molecular weight excluding hydrogens is 400 g/mol. The lowest BCUT2D eigenvalue weighted by molar-refractivity contribution is -0.317. The van der Waals surface area contributed by atoms with Crippen LogP contribution < -0.4 is 5.73 Å². The maximum atomic E-state index is 11.9. The number of halogens is 1. The van der Waals surface area contributed by atoms with Gasteiger partial charge in [-0.1, -0.05) is 35.6 Å². The standard InChI is InChI=1S/C19H27ClN4O5/c1-10(20)11(2)24(23-22-3)14-15(25)17(18(21)26)28-13-9-27-19(29-16(13)14)12-7-5-4-6-8-12/h4-8,10-11,13-17,19,25H,9H2,1-3H3,(H2,21,26)/t10-,11?,13-,14-,15-,16+,17-,19+/m1/s1. The molecule has 2 aliphatic rings. The smallest absolute Gasteiger partial charge is 0.249 e. The second-order valence-corrected chi connectivity index (χ2v) is 7.93. The number of nitrogens with two attached hydrogens (primary N) is 1. The van der Waals surface area contributed by atoms with Crippen LogP contribution in [-0.2, 0) is 19.0 Å². The van der Waals surface area contributed by atoms with Crippen molar-refractivity contribution in [1.82, 2.24) is 5.01 Å². The topological polar surface area (TPSA) is 119 Å². The summed E-state index contributed by atoms with van der Waals surface area (Å²) < 4.78 is 17.8. The van der Waals surface area contributed by atoms with E-state index in [1.165, 1.54) is 7.05 Å². The molecular formula is C19H27ClN4O5. The molecule has 2 heterocycles. The first-order valence-corrected chi connectivity index (χ1v) is 9.95. The maximum absolute atomic E-state index is 11.9. The minimum atomic E-state index is -1.29. The van der Waals surface area contributed by atoms with Gasteiger partial charge in [-0.25, -0.2) is 0 Å². The third-order valence-electron chi connectivity index (χ3n) is 5.31. The van der Waals surface area contributed by atoms with Gasteiger partial charge in [0.1, 0.15) is 24.4 Å². The molecule has 0 saturated carbocycles. The summed E-state index contributed by atoms with van der Waals surface area (Å²) in [4.78, 5) is 11.9. The Morgan fingerprint density at radius 2 is 2.00 bits per heavy atom. The van der Waals surface area contributed by atoms with Crippen LogP contribution in [-0.4, -0.2) is 71.6 Å². The van der Waals surface area contributed by atoms with Gasteiger partial charge in [0.25, 0.3) is 0 Å². The number of aliphatic hydroxyl groups excluding tert-OH is 1. The molecule has 3 N–H and O–H groups in total. The highest BCUT2D eigenvalue weighted by molar-refractivity contribution is 6.20. The van der Waals surface area contributed by atoms with Gasteiger partial charge in [0, 0.05) is 5.56 Å². The van der Waals surface area contributed by atoms with E-state index >= 15 is 0 Å². The van der Waals surface area contributed by atoms with E-state index in [2.05, 4.69) is 10.3 Å². The maximum Gasteiger partial charge on any atom is 0.249 e. The van der Waals surface area contributed by atoms with Crippen molar-refractivity contribution < 1.29 is 24.1 Å². The molecule has 2 fully saturated rings. The van der Waals surface area contributed by atoms with E-state index in [-0.39, 0.29) is 18.0 Å². The number of ether oxygens (including phenoxy) is 3. The van der Waals surface area contributed by atoms with E-state index in [0.717, 1.165) is 5.56 Å². The van der Waals surface area contributed by atoms with Crippen molar-refractivity contribution in [1.29, 1.82) is 0 Å². The highest BCUT2D eigenvalue weighted by Gasteiger charge is 2.54. The predicted molar refractivity (Wildman–Crippen MR) is 105 cm³/mol. The normalized spacial score (nSPS) is 34.4. The van der Waals surface area contributed by atoms with Gasteiger partial charge in [0.05, 0.1) is 25.1 Å². The quantitative estimate of drug-likeness (QED) is 0.403. The van der Waals surface area contributed by atoms with Crippen LogP contribution in [0.15, 0.2) is 40.7 Å². The van der Waals surface area contributed by atoms with Gasteiger partial charge in [0.15, 0.2) is 12.4 Å². The molecule has 0 spiro atoms. The van der Waals surface area contributed by atoms with Crippen LogP contribution >= 0.6 is 11.6 Å². The number of nitrogens with zero attached hydrogens (tertiary/aromatic N) is 3. The molecule has 29 heavy (non-hydrogen) atoms. The lowest BCUT2D eigenvalue weighted by atomic mass is 9.90. The van der Waals surface area contributed by atoms with E-state index in [0.29, 0.717) is 0 Å². The number of primary amides is 1. The predicted octanol–water partition coefficient (Wildman–Crippen LogP) is 1.40. The van der Waals surface area contributed by atoms with Gasteiger partial charge >= 0.3 is 0 Å². The Labute approximate surface area is 174 Å². The summed E-state index contributed by atoms with van der Waals surface area (Å²) in [6.45, 7) is 3.84. The van der Waals surface area contributed by atoms with E-state index in [1.54, 1.807) is 5.01 Å². The van der Waals surface area contributed by atoms with E-state index in [1.807, 2.05) is 44.2 Å². The van der Waals surface area contributed by atoms with Crippen molar-refractivity contribution in [2.75, 3.05) is 13.7 Å². The summed E-state index contributed by atoms with van der Waals surface area (Å²) in [5, 5.41) is 20.3. The number of carbonyl (C=O) groups is 1. The molecule has 1 amide bonds. The Morgan fingerprint density at radius 1 is 1.31 bits per heavy atom. The largest absolute Gasteiger partial charge is 0.388 e. The molecule has 2 aliphatic heterocycles. The first kappa shape index (κ1) is 21.9. The molecule has 160 valence electrons. The fourth-order valence-corrected chi connectivity index (χ4v) is 3.78. The third kappa shape index (κ3) is 4.54. The summed E-state index contributed by atoms with van der Waals surface area (Å²) >= 11 is 6.31. The van der Waals surface area contributed by atoms with Crippen molar-refractivity contribution in [3.05, 3.63) is 35.9 Å². The summed E-state index contributed by atoms with van der Waals surface area (Å²) in [7, 11) is 1.52. The van der Waals surface area contributed by atoms with Crippen molar-refractivity contribution in [2.45, 2.75) is 62.0 Å². The molecule has 0 radical (unpaired) electrons. The summed E-state index contributed by atoms with van der Waals surface area (Å²) in [6.07, 6.45) is -4.43. The number of carbonyl (C=O) groups excluding carboxylic acids is 1. The fraction of sp³-hybridized carbons (Fsp3) is 0.632. The van der Waals surface area contributed by atoms with Gasteiger partial charge in [0.2, 0.25) is 5.91 Å². The molecule has 3 rings (SSSR count). The zero-order valence-electron chi connectivity index (χ0n) is 16.6. The van der Waals surface area contributed by atoms with Crippen LogP contribution in [0.1, 0.15) is 25.7 Å². The number of amides is 1. The second kappa shape index (κ2) is 9.36. The van der Waals surface area contributed by atoms with E-state index in [4.69, 9.17) is 31.5 Å². The highest BCUT2D eigenvalue weighted by Crippen LogP contribution is 2.37. The van der Waals surface area contributed by atoms with Crippen LogP contribution in [0.2, 0.25) is 0 Å². The minimum absolute atomic E-state index is 0.166. The molecule has 10 heteroatoms. The summed E-state index contributed by atoms with van der Waals surface area (Å²) in [6, 6.07) is 8.37. The highest BCUT2D eigenvalue weighted by atomic mass is 35.5. The second-order valence-electron chi connectivity index (χ2n) is 7.24. The minimum Gasteiger partial charge on any atom is -0.388 e. The Bertz CT molecular complexity index is 722. The zero-order valence-corrected chi connectivity index (χ0v) is 17.3. The summed E-state index contributed by atoms with van der Waals surface area (Å²) in [5.74, 6) is -0.772. The third-order valence-corrected chi connectivity index (χ3v) is 5.67. The number of hydrogen-bond acceptors (Lipinski definition) is 7. The molecule has 1 aromatic rings.